The Hall–Kier alpha value is -3.12. The Labute approximate surface area is 160 Å². The second-order valence-corrected chi connectivity index (χ2v) is 7.54. The molecule has 0 bridgehead atoms. The fourth-order valence-electron chi connectivity index (χ4n) is 3.42. The minimum atomic E-state index is -0.184. The maximum Gasteiger partial charge on any atom is 0.266 e. The van der Waals surface area contributed by atoms with E-state index < -0.39 is 0 Å². The van der Waals surface area contributed by atoms with Gasteiger partial charge in [0.2, 0.25) is 5.91 Å². The van der Waals surface area contributed by atoms with Crippen molar-refractivity contribution >= 4 is 33.8 Å². The van der Waals surface area contributed by atoms with Crippen molar-refractivity contribution in [1.82, 2.24) is 0 Å². The molecule has 2 heterocycles. The minimum absolute atomic E-state index is 0.0724. The van der Waals surface area contributed by atoms with Crippen LogP contribution in [0.3, 0.4) is 0 Å². The van der Waals surface area contributed by atoms with Crippen molar-refractivity contribution in [2.24, 2.45) is 0 Å². The molecule has 27 heavy (non-hydrogen) atoms. The van der Waals surface area contributed by atoms with Crippen LogP contribution in [0.1, 0.15) is 38.7 Å². The number of hydrogen-bond acceptors (Lipinski definition) is 4. The van der Waals surface area contributed by atoms with E-state index in [1.165, 1.54) is 11.3 Å². The largest absolute Gasteiger partial charge is 0.508 e. The zero-order valence-electron chi connectivity index (χ0n) is 14.7. The van der Waals surface area contributed by atoms with Crippen molar-refractivity contribution in [2.45, 2.75) is 19.3 Å². The van der Waals surface area contributed by atoms with E-state index in [9.17, 15) is 14.7 Å². The van der Waals surface area contributed by atoms with Crippen molar-refractivity contribution in [1.29, 1.82) is 0 Å². The molecular weight excluding hydrogens is 360 g/mol. The molecule has 5 nitrogen and oxygen atoms in total. The molecule has 4 rings (SSSR count). The number of thiophene rings is 1. The van der Waals surface area contributed by atoms with Gasteiger partial charge in [0.25, 0.3) is 5.91 Å². The summed E-state index contributed by atoms with van der Waals surface area (Å²) in [6.45, 7) is 1.92. The summed E-state index contributed by atoms with van der Waals surface area (Å²) < 4.78 is 0. The van der Waals surface area contributed by atoms with Gasteiger partial charge in [0.05, 0.1) is 9.88 Å². The smallest absolute Gasteiger partial charge is 0.266 e. The molecule has 1 aliphatic rings. The minimum Gasteiger partial charge on any atom is -0.508 e. The van der Waals surface area contributed by atoms with E-state index in [4.69, 9.17) is 0 Å². The summed E-state index contributed by atoms with van der Waals surface area (Å²) in [6, 6.07) is 16.2. The van der Waals surface area contributed by atoms with E-state index in [1.807, 2.05) is 49.4 Å². The van der Waals surface area contributed by atoms with Crippen LogP contribution in [-0.4, -0.2) is 16.9 Å². The van der Waals surface area contributed by atoms with Gasteiger partial charge in [-0.25, -0.2) is 0 Å². The Kier molecular flexibility index (Phi) is 4.41. The van der Waals surface area contributed by atoms with Crippen molar-refractivity contribution in [3.05, 3.63) is 76.2 Å². The van der Waals surface area contributed by atoms with Crippen LogP contribution in [0.5, 0.6) is 5.75 Å². The second kappa shape index (κ2) is 6.89. The second-order valence-electron chi connectivity index (χ2n) is 6.52. The van der Waals surface area contributed by atoms with Gasteiger partial charge in [0.15, 0.2) is 0 Å². The normalized spacial score (nSPS) is 15.7. The van der Waals surface area contributed by atoms with Crippen molar-refractivity contribution in [3.8, 4) is 5.75 Å². The molecule has 2 amide bonds. The molecule has 0 saturated heterocycles. The number of phenols is 1. The molecule has 0 saturated carbocycles. The van der Waals surface area contributed by atoms with Gasteiger partial charge in [-0.3, -0.25) is 9.59 Å². The fraction of sp³-hybridized carbons (Fsp3) is 0.143. The predicted octanol–water partition coefficient (Wildman–Crippen LogP) is 4.49. The van der Waals surface area contributed by atoms with Gasteiger partial charge in [0, 0.05) is 18.0 Å². The van der Waals surface area contributed by atoms with Gasteiger partial charge in [-0.2, -0.15) is 0 Å². The number of nitrogens with one attached hydrogen (secondary N) is 2. The number of rotatable bonds is 3. The molecule has 3 N–H and O–H groups in total. The van der Waals surface area contributed by atoms with Crippen LogP contribution in [0, 0.1) is 6.92 Å². The summed E-state index contributed by atoms with van der Waals surface area (Å²) in [4.78, 5) is 25.6. The first-order valence-corrected chi connectivity index (χ1v) is 9.43. The van der Waals surface area contributed by atoms with Gasteiger partial charge < -0.3 is 15.7 Å². The maximum atomic E-state index is 12.8. The van der Waals surface area contributed by atoms with E-state index >= 15 is 0 Å². The predicted molar refractivity (Wildman–Crippen MR) is 107 cm³/mol. The third kappa shape index (κ3) is 3.31. The van der Waals surface area contributed by atoms with Gasteiger partial charge in [-0.05, 0) is 47.9 Å². The number of carbonyl (C=O) groups excluding carboxylic acids is 2. The Bertz CT molecular complexity index is 1010. The highest BCUT2D eigenvalue weighted by atomic mass is 32.1. The molecule has 6 heteroatoms. The van der Waals surface area contributed by atoms with E-state index in [0.29, 0.717) is 11.3 Å². The molecular formula is C21H18N2O3S. The molecule has 0 fully saturated rings. The van der Waals surface area contributed by atoms with Gasteiger partial charge in [0.1, 0.15) is 5.75 Å². The van der Waals surface area contributed by atoms with Crippen LogP contribution in [0.4, 0.5) is 10.7 Å². The van der Waals surface area contributed by atoms with Gasteiger partial charge in [-0.1, -0.05) is 30.3 Å². The van der Waals surface area contributed by atoms with Gasteiger partial charge in [-0.15, -0.1) is 11.3 Å². The lowest BCUT2D eigenvalue weighted by Crippen LogP contribution is -2.22. The number of para-hydroxylation sites is 1. The van der Waals surface area contributed by atoms with E-state index in [0.717, 1.165) is 27.4 Å². The summed E-state index contributed by atoms with van der Waals surface area (Å²) in [5, 5.41) is 16.1. The lowest BCUT2D eigenvalue weighted by Gasteiger charge is -2.24. The highest BCUT2D eigenvalue weighted by molar-refractivity contribution is 7.18. The number of aromatic hydroxyl groups is 1. The average Bonchev–Trinajstić information content (AvgIpc) is 2.99. The Morgan fingerprint density at radius 3 is 2.56 bits per heavy atom. The number of anilines is 2. The molecule has 2 aromatic carbocycles. The Morgan fingerprint density at radius 2 is 1.85 bits per heavy atom. The lowest BCUT2D eigenvalue weighted by atomic mass is 9.85. The van der Waals surface area contributed by atoms with Crippen molar-refractivity contribution < 1.29 is 14.7 Å². The van der Waals surface area contributed by atoms with E-state index in [2.05, 4.69) is 10.6 Å². The fourth-order valence-corrected chi connectivity index (χ4v) is 4.60. The van der Waals surface area contributed by atoms with Crippen molar-refractivity contribution in [2.75, 3.05) is 10.6 Å². The van der Waals surface area contributed by atoms with Gasteiger partial charge >= 0.3 is 0 Å². The average molecular weight is 378 g/mol. The molecule has 0 spiro atoms. The summed E-state index contributed by atoms with van der Waals surface area (Å²) in [7, 11) is 0. The zero-order chi connectivity index (χ0) is 19.0. The summed E-state index contributed by atoms with van der Waals surface area (Å²) in [5.41, 5.74) is 3.53. The molecule has 1 aromatic heterocycles. The standard InChI is InChI=1S/C21H18N2O3S/c1-12-18-16(13-7-9-15(24)10-8-13)11-17(25)23-21(18)27-19(12)20(26)22-14-5-3-2-4-6-14/h2-10,16,24H,11H2,1H3,(H,22,26)(H,23,25)/t16-/m1/s1. The number of hydrogen-bond donors (Lipinski definition) is 3. The molecule has 0 aliphatic carbocycles. The van der Waals surface area contributed by atoms with E-state index in [-0.39, 0.29) is 23.5 Å². The monoisotopic (exact) mass is 378 g/mol. The lowest BCUT2D eigenvalue weighted by molar-refractivity contribution is -0.116. The Morgan fingerprint density at radius 1 is 1.15 bits per heavy atom. The summed E-state index contributed by atoms with van der Waals surface area (Å²) in [5.74, 6) is -0.207. The third-order valence-electron chi connectivity index (χ3n) is 4.72. The van der Waals surface area contributed by atoms with Crippen LogP contribution in [-0.2, 0) is 4.79 Å². The first-order chi connectivity index (χ1) is 13.0. The van der Waals surface area contributed by atoms with E-state index in [1.54, 1.807) is 12.1 Å². The van der Waals surface area contributed by atoms with Crippen LogP contribution in [0.2, 0.25) is 0 Å². The SMILES string of the molecule is Cc1c(C(=O)Nc2ccccc2)sc2c1[C@@H](c1ccc(O)cc1)CC(=O)N2. The number of fused-ring (bicyclic) bond motifs is 1. The summed E-state index contributed by atoms with van der Waals surface area (Å²) >= 11 is 1.30. The first kappa shape index (κ1) is 17.3. The molecule has 0 radical (unpaired) electrons. The first-order valence-electron chi connectivity index (χ1n) is 8.61. The maximum absolute atomic E-state index is 12.8. The highest BCUT2D eigenvalue weighted by Crippen LogP contribution is 2.45. The quantitative estimate of drug-likeness (QED) is 0.628. The number of phenolic OH excluding ortho intramolecular Hbond substituents is 1. The number of carbonyl (C=O) groups is 2. The van der Waals surface area contributed by atoms with Crippen LogP contribution >= 0.6 is 11.3 Å². The molecule has 0 unspecified atom stereocenters. The third-order valence-corrected chi connectivity index (χ3v) is 5.94. The molecule has 3 aromatic rings. The van der Waals surface area contributed by atoms with Crippen molar-refractivity contribution in [3.63, 3.8) is 0 Å². The zero-order valence-corrected chi connectivity index (χ0v) is 15.5. The topological polar surface area (TPSA) is 78.4 Å². The molecule has 1 aliphatic heterocycles. The van der Waals surface area contributed by atoms with Crippen LogP contribution in [0.25, 0.3) is 0 Å². The molecule has 136 valence electrons. The Balaban J connectivity index is 1.71. The number of amides is 2. The highest BCUT2D eigenvalue weighted by Gasteiger charge is 2.32. The summed E-state index contributed by atoms with van der Waals surface area (Å²) in [6.07, 6.45) is 0.315. The molecule has 1 atom stereocenters. The number of benzene rings is 2. The van der Waals surface area contributed by atoms with Crippen LogP contribution < -0.4 is 10.6 Å². The van der Waals surface area contributed by atoms with Crippen LogP contribution in [0.15, 0.2) is 54.6 Å².